The van der Waals surface area contributed by atoms with Crippen LogP contribution in [0.15, 0.2) is 48.8 Å². The van der Waals surface area contributed by atoms with E-state index in [0.717, 1.165) is 68.3 Å². The summed E-state index contributed by atoms with van der Waals surface area (Å²) < 4.78 is 11.2. The number of rotatable bonds is 10. The Bertz CT molecular complexity index is 1730. The maximum Gasteiger partial charge on any atom is 0.247 e. The Morgan fingerprint density at radius 2 is 2.04 bits per heavy atom. The standard InChI is InChI=1S/C30H38N14O/c1-2-22-12-33-44(14-22)30(7-8-31)20-40(21-30)27-4-3-9-42-28(27)35-29(37-42)34-23-13-32-41(15-23)16-24-17-43(38-36-24)25-5-10-39(11-6-25)26-18-45-19-26/h3-4,9,12,14-15,17,25-26,32H,2,5-7,10-11,13,16,18-21H2,1H3,(H,34,37). The number of piperidine rings is 1. The zero-order valence-electron chi connectivity index (χ0n) is 25.5. The summed E-state index contributed by atoms with van der Waals surface area (Å²) in [6.07, 6.45) is 13.5. The fourth-order valence-corrected chi connectivity index (χ4v) is 6.79. The van der Waals surface area contributed by atoms with E-state index in [9.17, 15) is 5.26 Å². The van der Waals surface area contributed by atoms with Crippen LogP contribution in [0.25, 0.3) is 5.65 Å². The summed E-state index contributed by atoms with van der Waals surface area (Å²) in [4.78, 5) is 9.63. The van der Waals surface area contributed by atoms with Gasteiger partial charge in [-0.05, 0) is 37.0 Å². The van der Waals surface area contributed by atoms with E-state index in [1.54, 1.807) is 4.52 Å². The number of hydrogen-bond acceptors (Lipinski definition) is 12. The highest BCUT2D eigenvalue weighted by Crippen LogP contribution is 2.37. The van der Waals surface area contributed by atoms with Crippen molar-refractivity contribution in [3.05, 3.63) is 60.1 Å². The largest absolute Gasteiger partial charge is 0.378 e. The Labute approximate surface area is 261 Å². The first-order valence-corrected chi connectivity index (χ1v) is 15.8. The smallest absolute Gasteiger partial charge is 0.247 e. The van der Waals surface area contributed by atoms with Gasteiger partial charge in [-0.1, -0.05) is 12.1 Å². The number of nitrogens with one attached hydrogen (secondary N) is 2. The van der Waals surface area contributed by atoms with Gasteiger partial charge in [-0.25, -0.2) is 14.6 Å². The van der Waals surface area contributed by atoms with Crippen molar-refractivity contribution in [1.82, 2.24) is 54.7 Å². The summed E-state index contributed by atoms with van der Waals surface area (Å²) in [6, 6.07) is 7.41. The number of pyridine rings is 1. The number of aromatic nitrogens is 8. The molecule has 2 N–H and O–H groups in total. The molecule has 0 radical (unpaired) electrons. The molecule has 4 aromatic rings. The van der Waals surface area contributed by atoms with Gasteiger partial charge in [0.25, 0.3) is 0 Å². The average molecular weight is 611 g/mol. The van der Waals surface area contributed by atoms with Crippen LogP contribution >= 0.6 is 0 Å². The average Bonchev–Trinajstić information content (AvgIpc) is 3.82. The number of fused-ring (bicyclic) bond motifs is 1. The summed E-state index contributed by atoms with van der Waals surface area (Å²) in [5.74, 6) is 0.534. The van der Waals surface area contributed by atoms with Gasteiger partial charge >= 0.3 is 0 Å². The predicted octanol–water partition coefficient (Wildman–Crippen LogP) is 1.52. The molecule has 3 saturated heterocycles. The minimum Gasteiger partial charge on any atom is -0.378 e. The molecule has 3 fully saturated rings. The van der Waals surface area contributed by atoms with Gasteiger partial charge < -0.3 is 20.0 Å². The molecule has 0 aromatic carbocycles. The van der Waals surface area contributed by atoms with Gasteiger partial charge in [0.1, 0.15) is 11.2 Å². The van der Waals surface area contributed by atoms with Crippen molar-refractivity contribution in [2.75, 3.05) is 56.2 Å². The first kappa shape index (κ1) is 28.0. The number of hydrazine groups is 1. The second kappa shape index (κ2) is 11.4. The Balaban J connectivity index is 0.897. The summed E-state index contributed by atoms with van der Waals surface area (Å²) in [5.41, 5.74) is 7.88. The lowest BCUT2D eigenvalue weighted by Crippen LogP contribution is -2.63. The normalized spacial score (nSPS) is 20.7. The van der Waals surface area contributed by atoms with Gasteiger partial charge in [0.15, 0.2) is 5.65 Å². The second-order valence-electron chi connectivity index (χ2n) is 12.5. The minimum atomic E-state index is -0.339. The van der Waals surface area contributed by atoms with Crippen LogP contribution in [0.1, 0.15) is 43.5 Å². The highest BCUT2D eigenvalue weighted by atomic mass is 16.5. The first-order valence-electron chi connectivity index (χ1n) is 15.8. The van der Waals surface area contributed by atoms with E-state index in [0.29, 0.717) is 50.6 Å². The van der Waals surface area contributed by atoms with E-state index < -0.39 is 0 Å². The molecular weight excluding hydrogens is 572 g/mol. The summed E-state index contributed by atoms with van der Waals surface area (Å²) >= 11 is 0. The zero-order chi connectivity index (χ0) is 30.4. The van der Waals surface area contributed by atoms with Crippen molar-refractivity contribution in [3.8, 4) is 6.07 Å². The highest BCUT2D eigenvalue weighted by Gasteiger charge is 2.46. The topological polar surface area (TPSA) is 146 Å². The predicted molar refractivity (Wildman–Crippen MR) is 165 cm³/mol. The summed E-state index contributed by atoms with van der Waals surface area (Å²) in [5, 5.41) is 33.2. The van der Waals surface area contributed by atoms with Crippen LogP contribution in [0.2, 0.25) is 0 Å². The highest BCUT2D eigenvalue weighted by molar-refractivity contribution is 5.71. The summed E-state index contributed by atoms with van der Waals surface area (Å²) in [7, 11) is 0. The van der Waals surface area contributed by atoms with Crippen molar-refractivity contribution in [3.63, 3.8) is 0 Å². The third-order valence-electron chi connectivity index (χ3n) is 9.55. The van der Waals surface area contributed by atoms with Gasteiger partial charge in [-0.3, -0.25) is 9.58 Å². The van der Waals surface area contributed by atoms with Crippen molar-refractivity contribution in [2.24, 2.45) is 0 Å². The molecule has 8 heterocycles. The van der Waals surface area contributed by atoms with Gasteiger partial charge in [-0.2, -0.15) is 15.3 Å². The third kappa shape index (κ3) is 5.28. The monoisotopic (exact) mass is 610 g/mol. The molecule has 0 bridgehead atoms. The number of likely N-dealkylation sites (tertiary alicyclic amines) is 1. The SMILES string of the molecule is CCc1cnn(C2(CC#N)CN(c3cccn4nc(NC5=CN(Cc6cn(C7CCN(C8COC8)CC7)nn6)NC5)nc34)C2)c1. The number of nitrogens with zero attached hydrogens (tertiary/aromatic N) is 12. The molecule has 4 aliphatic rings. The second-order valence-corrected chi connectivity index (χ2v) is 12.5. The van der Waals surface area contributed by atoms with E-state index in [2.05, 4.69) is 72.5 Å². The van der Waals surface area contributed by atoms with E-state index in [1.807, 2.05) is 39.0 Å². The Kier molecular flexibility index (Phi) is 7.12. The molecule has 0 spiro atoms. The molecule has 0 saturated carbocycles. The van der Waals surface area contributed by atoms with Gasteiger partial charge in [0.2, 0.25) is 5.95 Å². The first-order chi connectivity index (χ1) is 22.1. The van der Waals surface area contributed by atoms with Crippen molar-refractivity contribution >= 4 is 17.3 Å². The van der Waals surface area contributed by atoms with E-state index in [-0.39, 0.29) is 5.54 Å². The van der Waals surface area contributed by atoms with Crippen LogP contribution < -0.4 is 15.6 Å². The molecule has 4 aromatic heterocycles. The fraction of sp³-hybridized carbons (Fsp3) is 0.533. The third-order valence-corrected chi connectivity index (χ3v) is 9.55. The van der Waals surface area contributed by atoms with Gasteiger partial charge in [0, 0.05) is 44.8 Å². The van der Waals surface area contributed by atoms with Crippen LogP contribution in [0.3, 0.4) is 0 Å². The van der Waals surface area contributed by atoms with Crippen LogP contribution in [-0.4, -0.2) is 101 Å². The lowest BCUT2D eigenvalue weighted by Gasteiger charge is -2.50. The number of anilines is 2. The van der Waals surface area contributed by atoms with Crippen LogP contribution in [-0.2, 0) is 23.2 Å². The van der Waals surface area contributed by atoms with E-state index in [1.165, 1.54) is 5.56 Å². The molecule has 0 atom stereocenters. The van der Waals surface area contributed by atoms with Crippen LogP contribution in [0.5, 0.6) is 0 Å². The molecule has 8 rings (SSSR count). The van der Waals surface area contributed by atoms with E-state index >= 15 is 0 Å². The molecular formula is C30H38N14O. The van der Waals surface area contributed by atoms with Gasteiger partial charge in [-0.15, -0.1) is 10.2 Å². The molecule has 45 heavy (non-hydrogen) atoms. The fourth-order valence-electron chi connectivity index (χ4n) is 6.79. The molecule has 234 valence electrons. The van der Waals surface area contributed by atoms with Crippen molar-refractivity contribution in [2.45, 2.75) is 56.8 Å². The molecule has 15 heteroatoms. The van der Waals surface area contributed by atoms with Crippen LogP contribution in [0.4, 0.5) is 11.6 Å². The van der Waals surface area contributed by atoms with Crippen molar-refractivity contribution in [1.29, 1.82) is 5.26 Å². The maximum absolute atomic E-state index is 9.58. The molecule has 15 nitrogen and oxygen atoms in total. The molecule has 0 amide bonds. The Morgan fingerprint density at radius 1 is 1.18 bits per heavy atom. The molecule has 0 unspecified atom stereocenters. The number of ether oxygens (including phenoxy) is 1. The number of nitriles is 1. The Hall–Kier alpha value is -4.52. The van der Waals surface area contributed by atoms with Crippen molar-refractivity contribution < 1.29 is 4.74 Å². The quantitative estimate of drug-likeness (QED) is 0.268. The Morgan fingerprint density at radius 3 is 2.80 bits per heavy atom. The molecule has 0 aliphatic carbocycles. The minimum absolute atomic E-state index is 0.339. The van der Waals surface area contributed by atoms with E-state index in [4.69, 9.17) is 9.72 Å². The molecule has 4 aliphatic heterocycles. The lowest BCUT2D eigenvalue weighted by atomic mass is 9.86. The summed E-state index contributed by atoms with van der Waals surface area (Å²) in [6.45, 7) is 8.64. The number of hydrogen-bond donors (Lipinski definition) is 2. The van der Waals surface area contributed by atoms with Gasteiger partial charge in [0.05, 0.1) is 74.7 Å². The maximum atomic E-state index is 9.58. The number of aryl methyl sites for hydroxylation is 1. The van der Waals surface area contributed by atoms with Crippen LogP contribution in [0, 0.1) is 11.3 Å². The lowest BCUT2D eigenvalue weighted by molar-refractivity contribution is -0.0734. The zero-order valence-corrected chi connectivity index (χ0v) is 25.5.